The van der Waals surface area contributed by atoms with Crippen molar-refractivity contribution in [2.45, 2.75) is 39.3 Å². The van der Waals surface area contributed by atoms with Crippen molar-refractivity contribution in [2.24, 2.45) is 0 Å². The van der Waals surface area contributed by atoms with Gasteiger partial charge in [-0.05, 0) is 54.4 Å². The SMILES string of the molecule is CNC(=O)CCOc1ccc(CNC(C)(C)C)cc1Br. The van der Waals surface area contributed by atoms with Crippen molar-refractivity contribution in [3.8, 4) is 5.75 Å². The lowest BCUT2D eigenvalue weighted by Crippen LogP contribution is -2.35. The fourth-order valence-electron chi connectivity index (χ4n) is 1.52. The molecule has 1 aromatic rings. The topological polar surface area (TPSA) is 50.4 Å². The maximum atomic E-state index is 11.1. The Morgan fingerprint density at radius 2 is 2.05 bits per heavy atom. The molecule has 0 aliphatic carbocycles. The average molecular weight is 343 g/mol. The van der Waals surface area contributed by atoms with Crippen LogP contribution in [-0.2, 0) is 11.3 Å². The van der Waals surface area contributed by atoms with Crippen molar-refractivity contribution >= 4 is 21.8 Å². The van der Waals surface area contributed by atoms with Gasteiger partial charge in [0, 0.05) is 19.1 Å². The predicted molar refractivity (Wildman–Crippen MR) is 84.9 cm³/mol. The van der Waals surface area contributed by atoms with Crippen molar-refractivity contribution in [3.63, 3.8) is 0 Å². The highest BCUT2D eigenvalue weighted by Crippen LogP contribution is 2.26. The minimum Gasteiger partial charge on any atom is -0.492 e. The van der Waals surface area contributed by atoms with Gasteiger partial charge in [0.25, 0.3) is 0 Å². The number of benzene rings is 1. The molecule has 0 aromatic heterocycles. The van der Waals surface area contributed by atoms with E-state index in [4.69, 9.17) is 4.74 Å². The van der Waals surface area contributed by atoms with Crippen LogP contribution < -0.4 is 15.4 Å². The molecule has 2 N–H and O–H groups in total. The van der Waals surface area contributed by atoms with Crippen molar-refractivity contribution < 1.29 is 9.53 Å². The minimum atomic E-state index is -0.0212. The van der Waals surface area contributed by atoms with E-state index in [2.05, 4.69) is 47.3 Å². The summed E-state index contributed by atoms with van der Waals surface area (Å²) in [5, 5.41) is 6.00. The van der Waals surface area contributed by atoms with E-state index < -0.39 is 0 Å². The Labute approximate surface area is 129 Å². The Kier molecular flexibility index (Phi) is 6.49. The predicted octanol–water partition coefficient (Wildman–Crippen LogP) is 2.85. The van der Waals surface area contributed by atoms with Crippen molar-refractivity contribution in [2.75, 3.05) is 13.7 Å². The van der Waals surface area contributed by atoms with Gasteiger partial charge < -0.3 is 15.4 Å². The van der Waals surface area contributed by atoms with Gasteiger partial charge in [0.2, 0.25) is 5.91 Å². The normalized spacial score (nSPS) is 11.2. The van der Waals surface area contributed by atoms with Gasteiger partial charge in [-0.3, -0.25) is 4.79 Å². The molecular weight excluding hydrogens is 320 g/mol. The van der Waals surface area contributed by atoms with Crippen LogP contribution in [0.2, 0.25) is 0 Å². The third kappa shape index (κ3) is 6.39. The molecule has 0 spiro atoms. The molecular formula is C15H23BrN2O2. The highest BCUT2D eigenvalue weighted by molar-refractivity contribution is 9.10. The highest BCUT2D eigenvalue weighted by atomic mass is 79.9. The third-order valence-corrected chi connectivity index (χ3v) is 3.30. The maximum Gasteiger partial charge on any atom is 0.223 e. The summed E-state index contributed by atoms with van der Waals surface area (Å²) in [6.07, 6.45) is 0.357. The van der Waals surface area contributed by atoms with Gasteiger partial charge in [-0.2, -0.15) is 0 Å². The summed E-state index contributed by atoms with van der Waals surface area (Å²) in [6, 6.07) is 5.99. The quantitative estimate of drug-likeness (QED) is 0.835. The second kappa shape index (κ2) is 7.64. The van der Waals surface area contributed by atoms with Gasteiger partial charge in [0.15, 0.2) is 0 Å². The minimum absolute atomic E-state index is 0.0212. The summed E-state index contributed by atoms with van der Waals surface area (Å²) in [5.41, 5.74) is 1.28. The number of halogens is 1. The van der Waals surface area contributed by atoms with Gasteiger partial charge in [0.05, 0.1) is 17.5 Å². The highest BCUT2D eigenvalue weighted by Gasteiger charge is 2.09. The first-order chi connectivity index (χ1) is 9.31. The lowest BCUT2D eigenvalue weighted by atomic mass is 10.1. The number of ether oxygens (including phenoxy) is 1. The van der Waals surface area contributed by atoms with Crippen molar-refractivity contribution in [1.82, 2.24) is 10.6 Å². The van der Waals surface area contributed by atoms with Gasteiger partial charge in [0.1, 0.15) is 5.75 Å². The van der Waals surface area contributed by atoms with Crippen LogP contribution in [0.25, 0.3) is 0 Å². The number of nitrogens with one attached hydrogen (secondary N) is 2. The Hall–Kier alpha value is -1.07. The van der Waals surface area contributed by atoms with Gasteiger partial charge in [-0.15, -0.1) is 0 Å². The molecule has 0 fully saturated rings. The fraction of sp³-hybridized carbons (Fsp3) is 0.533. The average Bonchev–Trinajstić information content (AvgIpc) is 2.37. The zero-order valence-corrected chi connectivity index (χ0v) is 14.1. The summed E-state index contributed by atoms with van der Waals surface area (Å²) >= 11 is 3.50. The lowest BCUT2D eigenvalue weighted by molar-refractivity contribution is -0.121. The van der Waals surface area contributed by atoms with Crippen LogP contribution in [0.3, 0.4) is 0 Å². The summed E-state index contributed by atoms with van der Waals surface area (Å²) in [6.45, 7) is 7.59. The van der Waals surface area contributed by atoms with E-state index in [-0.39, 0.29) is 11.4 Å². The number of carbonyl (C=O) groups excluding carboxylic acids is 1. The molecule has 20 heavy (non-hydrogen) atoms. The number of carbonyl (C=O) groups is 1. The molecule has 1 amide bonds. The summed E-state index contributed by atoms with van der Waals surface area (Å²) in [7, 11) is 1.62. The molecule has 0 saturated carbocycles. The van der Waals surface area contributed by atoms with E-state index in [1.807, 2.05) is 18.2 Å². The molecule has 0 atom stereocenters. The molecule has 4 nitrogen and oxygen atoms in total. The van der Waals surface area contributed by atoms with Crippen LogP contribution in [0.1, 0.15) is 32.8 Å². The number of amides is 1. The molecule has 5 heteroatoms. The second-order valence-electron chi connectivity index (χ2n) is 5.64. The second-order valence-corrected chi connectivity index (χ2v) is 6.49. The Balaban J connectivity index is 2.53. The summed E-state index contributed by atoms with van der Waals surface area (Å²) < 4.78 is 6.49. The van der Waals surface area contributed by atoms with E-state index in [1.54, 1.807) is 7.05 Å². The Bertz CT molecular complexity index is 456. The van der Waals surface area contributed by atoms with Crippen molar-refractivity contribution in [3.05, 3.63) is 28.2 Å². The van der Waals surface area contributed by atoms with E-state index in [9.17, 15) is 4.79 Å². The molecule has 0 heterocycles. The fourth-order valence-corrected chi connectivity index (χ4v) is 2.06. The Morgan fingerprint density at radius 1 is 1.35 bits per heavy atom. The molecule has 1 rings (SSSR count). The van der Waals surface area contributed by atoms with Crippen LogP contribution in [0, 0.1) is 0 Å². The van der Waals surface area contributed by atoms with Crippen LogP contribution >= 0.6 is 15.9 Å². The molecule has 0 aliphatic heterocycles. The first-order valence-corrected chi connectivity index (χ1v) is 7.48. The molecule has 0 saturated heterocycles. The van der Waals surface area contributed by atoms with Crippen LogP contribution in [0.5, 0.6) is 5.75 Å². The smallest absolute Gasteiger partial charge is 0.223 e. The molecule has 0 aliphatic rings. The zero-order valence-electron chi connectivity index (χ0n) is 12.5. The Morgan fingerprint density at radius 3 is 2.60 bits per heavy atom. The maximum absolute atomic E-state index is 11.1. The van der Waals surface area contributed by atoms with E-state index in [0.717, 1.165) is 16.8 Å². The first-order valence-electron chi connectivity index (χ1n) is 6.68. The molecule has 0 bridgehead atoms. The number of rotatable bonds is 6. The lowest BCUT2D eigenvalue weighted by Gasteiger charge is -2.20. The van der Waals surface area contributed by atoms with E-state index >= 15 is 0 Å². The van der Waals surface area contributed by atoms with Gasteiger partial charge >= 0.3 is 0 Å². The largest absolute Gasteiger partial charge is 0.492 e. The first kappa shape index (κ1) is 17.0. The third-order valence-electron chi connectivity index (χ3n) is 2.68. The molecule has 112 valence electrons. The molecule has 0 radical (unpaired) electrons. The van der Waals surface area contributed by atoms with Crippen molar-refractivity contribution in [1.29, 1.82) is 0 Å². The van der Waals surface area contributed by atoms with E-state index in [1.165, 1.54) is 5.56 Å². The number of hydrogen-bond donors (Lipinski definition) is 2. The van der Waals surface area contributed by atoms with Gasteiger partial charge in [-0.25, -0.2) is 0 Å². The molecule has 0 unspecified atom stereocenters. The summed E-state index contributed by atoms with van der Waals surface area (Å²) in [4.78, 5) is 11.1. The molecule has 1 aromatic carbocycles. The number of hydrogen-bond acceptors (Lipinski definition) is 3. The monoisotopic (exact) mass is 342 g/mol. The zero-order chi connectivity index (χ0) is 15.2. The van der Waals surface area contributed by atoms with Crippen LogP contribution in [-0.4, -0.2) is 25.1 Å². The standard InChI is InChI=1S/C15H23BrN2O2/c1-15(2,3)18-10-11-5-6-13(12(16)9-11)20-8-7-14(19)17-4/h5-6,9,18H,7-8,10H2,1-4H3,(H,17,19). The summed E-state index contributed by atoms with van der Waals surface area (Å²) in [5.74, 6) is 0.737. The van der Waals surface area contributed by atoms with Crippen LogP contribution in [0.15, 0.2) is 22.7 Å². The van der Waals surface area contributed by atoms with Gasteiger partial charge in [-0.1, -0.05) is 6.07 Å². The van der Waals surface area contributed by atoms with Crippen LogP contribution in [0.4, 0.5) is 0 Å². The van der Waals surface area contributed by atoms with E-state index in [0.29, 0.717) is 13.0 Å².